The standard InChI is InChI=1S/C12H24N2O2/c1-16-11-5-3-2-4-8-14-9-6-12(13-15)7-10-14/h15H,2-11H2,1H3. The highest BCUT2D eigenvalue weighted by Crippen LogP contribution is 2.09. The summed E-state index contributed by atoms with van der Waals surface area (Å²) in [4.78, 5) is 2.46. The molecule has 1 fully saturated rings. The van der Waals surface area contributed by atoms with Gasteiger partial charge in [0.1, 0.15) is 0 Å². The number of nitrogens with zero attached hydrogens (tertiary/aromatic N) is 2. The molecule has 0 unspecified atom stereocenters. The van der Waals surface area contributed by atoms with Gasteiger partial charge in [0.2, 0.25) is 0 Å². The summed E-state index contributed by atoms with van der Waals surface area (Å²) in [5.41, 5.74) is 0.955. The van der Waals surface area contributed by atoms with Crippen LogP contribution < -0.4 is 0 Å². The highest BCUT2D eigenvalue weighted by Gasteiger charge is 2.14. The van der Waals surface area contributed by atoms with Crippen molar-refractivity contribution < 1.29 is 9.94 Å². The monoisotopic (exact) mass is 228 g/mol. The maximum absolute atomic E-state index is 8.63. The third-order valence-corrected chi connectivity index (χ3v) is 3.15. The Hall–Kier alpha value is -0.610. The van der Waals surface area contributed by atoms with Gasteiger partial charge in [0.15, 0.2) is 0 Å². The van der Waals surface area contributed by atoms with Crippen LogP contribution in [0.3, 0.4) is 0 Å². The first-order valence-electron chi connectivity index (χ1n) is 6.28. The lowest BCUT2D eigenvalue weighted by atomic mass is 10.1. The van der Waals surface area contributed by atoms with Crippen molar-refractivity contribution in [1.82, 2.24) is 4.90 Å². The smallest absolute Gasteiger partial charge is 0.0596 e. The van der Waals surface area contributed by atoms with E-state index in [9.17, 15) is 0 Å². The van der Waals surface area contributed by atoms with Crippen molar-refractivity contribution in [3.05, 3.63) is 0 Å². The number of ether oxygens (including phenoxy) is 1. The lowest BCUT2D eigenvalue weighted by Crippen LogP contribution is -2.34. The summed E-state index contributed by atoms with van der Waals surface area (Å²) in [6.07, 6.45) is 6.87. The SMILES string of the molecule is COCCCCCCN1CCC(=NO)CC1. The van der Waals surface area contributed by atoms with Gasteiger partial charge in [-0.15, -0.1) is 0 Å². The quantitative estimate of drug-likeness (QED) is 0.412. The fourth-order valence-corrected chi connectivity index (χ4v) is 2.07. The molecule has 94 valence electrons. The number of rotatable bonds is 7. The summed E-state index contributed by atoms with van der Waals surface area (Å²) in [7, 11) is 1.76. The Kier molecular flexibility index (Phi) is 7.17. The fourth-order valence-electron chi connectivity index (χ4n) is 2.07. The predicted octanol–water partition coefficient (Wildman–Crippen LogP) is 2.12. The Morgan fingerprint density at radius 3 is 2.50 bits per heavy atom. The van der Waals surface area contributed by atoms with Gasteiger partial charge < -0.3 is 14.8 Å². The summed E-state index contributed by atoms with van der Waals surface area (Å²) in [5.74, 6) is 0. The minimum absolute atomic E-state index is 0.889. The number of likely N-dealkylation sites (tertiary alicyclic amines) is 1. The zero-order valence-corrected chi connectivity index (χ0v) is 10.3. The average Bonchev–Trinajstić information content (AvgIpc) is 2.34. The van der Waals surface area contributed by atoms with E-state index >= 15 is 0 Å². The van der Waals surface area contributed by atoms with E-state index in [4.69, 9.17) is 9.94 Å². The molecular formula is C12H24N2O2. The molecule has 0 aromatic carbocycles. The van der Waals surface area contributed by atoms with E-state index in [-0.39, 0.29) is 0 Å². The van der Waals surface area contributed by atoms with Gasteiger partial charge in [-0.25, -0.2) is 0 Å². The van der Waals surface area contributed by atoms with Gasteiger partial charge >= 0.3 is 0 Å². The molecule has 0 aromatic rings. The van der Waals surface area contributed by atoms with E-state index in [0.29, 0.717) is 0 Å². The number of oxime groups is 1. The molecule has 0 amide bonds. The van der Waals surface area contributed by atoms with Gasteiger partial charge in [0, 0.05) is 39.6 Å². The van der Waals surface area contributed by atoms with E-state index in [2.05, 4.69) is 10.1 Å². The molecule has 0 aliphatic carbocycles. The van der Waals surface area contributed by atoms with Gasteiger partial charge in [-0.05, 0) is 19.4 Å². The van der Waals surface area contributed by atoms with Crippen LogP contribution in [0.2, 0.25) is 0 Å². The minimum atomic E-state index is 0.889. The van der Waals surface area contributed by atoms with Crippen LogP contribution in [0.5, 0.6) is 0 Å². The van der Waals surface area contributed by atoms with Crippen molar-refractivity contribution in [2.24, 2.45) is 5.16 Å². The molecule has 1 N–H and O–H groups in total. The lowest BCUT2D eigenvalue weighted by molar-refractivity contribution is 0.190. The Morgan fingerprint density at radius 1 is 1.19 bits per heavy atom. The molecule has 1 aliphatic heterocycles. The number of hydrogen-bond donors (Lipinski definition) is 1. The van der Waals surface area contributed by atoms with Crippen molar-refractivity contribution in [1.29, 1.82) is 0 Å². The average molecular weight is 228 g/mol. The van der Waals surface area contributed by atoms with Crippen molar-refractivity contribution in [3.63, 3.8) is 0 Å². The third kappa shape index (κ3) is 5.47. The minimum Gasteiger partial charge on any atom is -0.411 e. The van der Waals surface area contributed by atoms with Crippen molar-refractivity contribution in [3.8, 4) is 0 Å². The van der Waals surface area contributed by atoms with Crippen molar-refractivity contribution in [2.75, 3.05) is 33.4 Å². The highest BCUT2D eigenvalue weighted by molar-refractivity contribution is 5.84. The van der Waals surface area contributed by atoms with Crippen LogP contribution in [0.15, 0.2) is 5.16 Å². The van der Waals surface area contributed by atoms with Gasteiger partial charge in [-0.2, -0.15) is 0 Å². The molecule has 1 heterocycles. The number of unbranched alkanes of at least 4 members (excludes halogenated alkanes) is 3. The molecule has 1 rings (SSSR count). The molecule has 0 saturated carbocycles. The van der Waals surface area contributed by atoms with E-state index < -0.39 is 0 Å². The number of piperidine rings is 1. The van der Waals surface area contributed by atoms with Crippen LogP contribution in [-0.4, -0.2) is 49.2 Å². The van der Waals surface area contributed by atoms with Crippen LogP contribution in [0.4, 0.5) is 0 Å². The number of hydrogen-bond acceptors (Lipinski definition) is 4. The van der Waals surface area contributed by atoms with Crippen molar-refractivity contribution in [2.45, 2.75) is 38.5 Å². The Bertz CT molecular complexity index is 197. The summed E-state index contributed by atoms with van der Waals surface area (Å²) in [6.45, 7) is 4.18. The molecule has 0 radical (unpaired) electrons. The summed E-state index contributed by atoms with van der Waals surface area (Å²) >= 11 is 0. The fraction of sp³-hybridized carbons (Fsp3) is 0.917. The highest BCUT2D eigenvalue weighted by atomic mass is 16.5. The van der Waals surface area contributed by atoms with Crippen LogP contribution in [0.1, 0.15) is 38.5 Å². The van der Waals surface area contributed by atoms with E-state index in [0.717, 1.165) is 38.2 Å². The first kappa shape index (κ1) is 13.5. The predicted molar refractivity (Wildman–Crippen MR) is 65.2 cm³/mol. The number of methoxy groups -OCH3 is 1. The summed E-state index contributed by atoms with van der Waals surface area (Å²) < 4.78 is 5.02. The lowest BCUT2D eigenvalue weighted by Gasteiger charge is -2.26. The van der Waals surface area contributed by atoms with Crippen LogP contribution in [-0.2, 0) is 4.74 Å². The second-order valence-corrected chi connectivity index (χ2v) is 4.41. The van der Waals surface area contributed by atoms with Gasteiger partial charge in [-0.1, -0.05) is 18.0 Å². The Morgan fingerprint density at radius 2 is 1.88 bits per heavy atom. The van der Waals surface area contributed by atoms with E-state index in [1.54, 1.807) is 7.11 Å². The van der Waals surface area contributed by atoms with Gasteiger partial charge in [-0.3, -0.25) is 0 Å². The van der Waals surface area contributed by atoms with Gasteiger partial charge in [0.05, 0.1) is 5.71 Å². The van der Waals surface area contributed by atoms with Crippen LogP contribution in [0, 0.1) is 0 Å². The molecule has 1 saturated heterocycles. The van der Waals surface area contributed by atoms with Crippen LogP contribution >= 0.6 is 0 Å². The van der Waals surface area contributed by atoms with Crippen molar-refractivity contribution >= 4 is 5.71 Å². The maximum Gasteiger partial charge on any atom is 0.0596 e. The molecule has 0 aromatic heterocycles. The first-order chi connectivity index (χ1) is 7.86. The summed E-state index contributed by atoms with van der Waals surface area (Å²) in [5, 5.41) is 11.9. The summed E-state index contributed by atoms with van der Waals surface area (Å²) in [6, 6.07) is 0. The zero-order chi connectivity index (χ0) is 11.6. The Labute approximate surface area is 98.3 Å². The zero-order valence-electron chi connectivity index (χ0n) is 10.3. The second-order valence-electron chi connectivity index (χ2n) is 4.41. The Balaban J connectivity index is 1.94. The van der Waals surface area contributed by atoms with E-state index in [1.165, 1.54) is 32.2 Å². The van der Waals surface area contributed by atoms with E-state index in [1.807, 2.05) is 0 Å². The van der Waals surface area contributed by atoms with Gasteiger partial charge in [0.25, 0.3) is 0 Å². The topological polar surface area (TPSA) is 45.1 Å². The first-order valence-corrected chi connectivity index (χ1v) is 6.28. The maximum atomic E-state index is 8.63. The largest absolute Gasteiger partial charge is 0.411 e. The molecule has 4 nitrogen and oxygen atoms in total. The second kappa shape index (κ2) is 8.53. The molecule has 1 aliphatic rings. The molecule has 4 heteroatoms. The molecule has 16 heavy (non-hydrogen) atoms. The van der Waals surface area contributed by atoms with Crippen LogP contribution in [0.25, 0.3) is 0 Å². The molecule has 0 spiro atoms. The molecule has 0 atom stereocenters. The molecular weight excluding hydrogens is 204 g/mol. The normalized spacial score (nSPS) is 17.7. The third-order valence-electron chi connectivity index (χ3n) is 3.15. The molecule has 0 bridgehead atoms.